The summed E-state index contributed by atoms with van der Waals surface area (Å²) in [5.41, 5.74) is 0. The quantitative estimate of drug-likeness (QED) is 0.707. The molecule has 1 aliphatic carbocycles. The Morgan fingerprint density at radius 2 is 1.92 bits per heavy atom. The maximum absolute atomic E-state index is 9.77. The Hall–Kier alpha value is -0.0800. The van der Waals surface area contributed by atoms with Crippen LogP contribution < -0.4 is 0 Å². The molecule has 78 valence electrons. The molecule has 1 aliphatic rings. The second-order valence-corrected chi connectivity index (χ2v) is 4.35. The smallest absolute Gasteiger partial charge is 0.0571 e. The minimum absolute atomic E-state index is 0.176. The monoisotopic (exact) mass is 186 g/mol. The van der Waals surface area contributed by atoms with Crippen LogP contribution in [0.2, 0.25) is 0 Å². The standard InChI is InChI=1S/C11H22O2/c1-3-10(12)8(2)9-6-4-5-7-11(9)13/h8-13H,3-7H2,1-2H3. The molecule has 4 atom stereocenters. The van der Waals surface area contributed by atoms with E-state index < -0.39 is 0 Å². The van der Waals surface area contributed by atoms with Crippen LogP contribution in [0.1, 0.15) is 46.0 Å². The summed E-state index contributed by atoms with van der Waals surface area (Å²) in [5.74, 6) is 0.573. The number of hydrogen-bond acceptors (Lipinski definition) is 2. The number of aliphatic hydroxyl groups excluding tert-OH is 2. The fraction of sp³-hybridized carbons (Fsp3) is 1.00. The van der Waals surface area contributed by atoms with E-state index in [1.165, 1.54) is 6.42 Å². The summed E-state index contributed by atoms with van der Waals surface area (Å²) in [6, 6.07) is 0. The van der Waals surface area contributed by atoms with Crippen molar-refractivity contribution < 1.29 is 10.2 Å². The van der Waals surface area contributed by atoms with Gasteiger partial charge in [0, 0.05) is 0 Å². The molecule has 0 bridgehead atoms. The van der Waals surface area contributed by atoms with E-state index in [2.05, 4.69) is 6.92 Å². The first-order chi connectivity index (χ1) is 6.16. The highest BCUT2D eigenvalue weighted by atomic mass is 16.3. The molecule has 0 aromatic rings. The molecule has 1 saturated carbocycles. The molecule has 2 N–H and O–H groups in total. The van der Waals surface area contributed by atoms with Gasteiger partial charge in [-0.05, 0) is 31.1 Å². The minimum atomic E-state index is -0.238. The normalized spacial score (nSPS) is 34.2. The SMILES string of the molecule is CCC(O)C(C)C1CCCCC1O. The fourth-order valence-electron chi connectivity index (χ4n) is 2.41. The van der Waals surface area contributed by atoms with Gasteiger partial charge in [-0.1, -0.05) is 26.7 Å². The van der Waals surface area contributed by atoms with Gasteiger partial charge in [0.05, 0.1) is 12.2 Å². The van der Waals surface area contributed by atoms with Crippen LogP contribution in [0.4, 0.5) is 0 Å². The molecular weight excluding hydrogens is 164 g/mol. The lowest BCUT2D eigenvalue weighted by Crippen LogP contribution is -2.35. The highest BCUT2D eigenvalue weighted by Crippen LogP contribution is 2.32. The second kappa shape index (κ2) is 4.97. The third-order valence-electron chi connectivity index (χ3n) is 3.48. The van der Waals surface area contributed by atoms with E-state index in [1.54, 1.807) is 0 Å². The van der Waals surface area contributed by atoms with E-state index in [0.29, 0.717) is 5.92 Å². The van der Waals surface area contributed by atoms with Gasteiger partial charge in [0.25, 0.3) is 0 Å². The molecule has 0 aliphatic heterocycles. The molecular formula is C11H22O2. The van der Waals surface area contributed by atoms with Gasteiger partial charge < -0.3 is 10.2 Å². The van der Waals surface area contributed by atoms with Crippen LogP contribution in [-0.2, 0) is 0 Å². The average Bonchev–Trinajstić information content (AvgIpc) is 2.16. The van der Waals surface area contributed by atoms with Crippen molar-refractivity contribution in [3.63, 3.8) is 0 Å². The molecule has 0 saturated heterocycles. The Kier molecular flexibility index (Phi) is 4.20. The van der Waals surface area contributed by atoms with Gasteiger partial charge >= 0.3 is 0 Å². The Morgan fingerprint density at radius 3 is 2.46 bits per heavy atom. The lowest BCUT2D eigenvalue weighted by Gasteiger charge is -2.34. The van der Waals surface area contributed by atoms with Gasteiger partial charge in [0.1, 0.15) is 0 Å². The van der Waals surface area contributed by atoms with E-state index >= 15 is 0 Å². The molecule has 1 rings (SSSR count). The van der Waals surface area contributed by atoms with E-state index in [0.717, 1.165) is 25.7 Å². The summed E-state index contributed by atoms with van der Waals surface area (Å²) in [7, 11) is 0. The van der Waals surface area contributed by atoms with E-state index in [1.807, 2.05) is 6.92 Å². The summed E-state index contributed by atoms with van der Waals surface area (Å²) in [5, 5.41) is 19.5. The van der Waals surface area contributed by atoms with Crippen molar-refractivity contribution in [1.29, 1.82) is 0 Å². The third kappa shape index (κ3) is 2.68. The first kappa shape index (κ1) is 11.0. The molecule has 0 radical (unpaired) electrons. The summed E-state index contributed by atoms with van der Waals surface area (Å²) >= 11 is 0. The molecule has 1 fully saturated rings. The van der Waals surface area contributed by atoms with Crippen molar-refractivity contribution >= 4 is 0 Å². The Balaban J connectivity index is 2.47. The maximum atomic E-state index is 9.77. The van der Waals surface area contributed by atoms with E-state index in [9.17, 15) is 10.2 Å². The zero-order valence-corrected chi connectivity index (χ0v) is 8.74. The van der Waals surface area contributed by atoms with Crippen molar-refractivity contribution in [2.45, 2.75) is 58.2 Å². The number of rotatable bonds is 3. The predicted octanol–water partition coefficient (Wildman–Crippen LogP) is 1.94. The third-order valence-corrected chi connectivity index (χ3v) is 3.48. The Morgan fingerprint density at radius 1 is 1.31 bits per heavy atom. The van der Waals surface area contributed by atoms with Gasteiger partial charge in [-0.15, -0.1) is 0 Å². The lowest BCUT2D eigenvalue weighted by molar-refractivity contribution is -0.00853. The maximum Gasteiger partial charge on any atom is 0.0571 e. The first-order valence-corrected chi connectivity index (χ1v) is 5.53. The lowest BCUT2D eigenvalue weighted by atomic mass is 9.76. The fourth-order valence-corrected chi connectivity index (χ4v) is 2.41. The highest BCUT2D eigenvalue weighted by molar-refractivity contribution is 4.81. The van der Waals surface area contributed by atoms with Crippen LogP contribution in [0, 0.1) is 11.8 Å². The van der Waals surface area contributed by atoms with Crippen molar-refractivity contribution in [3.05, 3.63) is 0 Å². The van der Waals surface area contributed by atoms with Crippen LogP contribution in [-0.4, -0.2) is 22.4 Å². The molecule has 0 spiro atoms. The summed E-state index contributed by atoms with van der Waals surface area (Å²) in [4.78, 5) is 0. The van der Waals surface area contributed by atoms with Gasteiger partial charge in [-0.25, -0.2) is 0 Å². The zero-order chi connectivity index (χ0) is 9.84. The summed E-state index contributed by atoms with van der Waals surface area (Å²) in [6.07, 6.45) is 4.74. The van der Waals surface area contributed by atoms with Crippen molar-refractivity contribution in [3.8, 4) is 0 Å². The highest BCUT2D eigenvalue weighted by Gasteiger charge is 2.30. The summed E-state index contributed by atoms with van der Waals surface area (Å²) < 4.78 is 0. The van der Waals surface area contributed by atoms with E-state index in [-0.39, 0.29) is 18.1 Å². The molecule has 0 aromatic heterocycles. The van der Waals surface area contributed by atoms with Crippen LogP contribution in [0.25, 0.3) is 0 Å². The van der Waals surface area contributed by atoms with Crippen molar-refractivity contribution in [2.75, 3.05) is 0 Å². The largest absolute Gasteiger partial charge is 0.393 e. The van der Waals surface area contributed by atoms with Gasteiger partial charge in [-0.2, -0.15) is 0 Å². The van der Waals surface area contributed by atoms with Crippen LogP contribution in [0.15, 0.2) is 0 Å². The molecule has 4 unspecified atom stereocenters. The van der Waals surface area contributed by atoms with Crippen LogP contribution in [0.3, 0.4) is 0 Å². The Bertz CT molecular complexity index is 147. The minimum Gasteiger partial charge on any atom is -0.393 e. The number of aliphatic hydroxyl groups is 2. The van der Waals surface area contributed by atoms with Gasteiger partial charge in [-0.3, -0.25) is 0 Å². The molecule has 2 heteroatoms. The number of hydrogen-bond donors (Lipinski definition) is 2. The zero-order valence-electron chi connectivity index (χ0n) is 8.74. The first-order valence-electron chi connectivity index (χ1n) is 5.53. The van der Waals surface area contributed by atoms with Crippen LogP contribution in [0.5, 0.6) is 0 Å². The van der Waals surface area contributed by atoms with Crippen LogP contribution >= 0.6 is 0 Å². The second-order valence-electron chi connectivity index (χ2n) is 4.35. The molecule has 13 heavy (non-hydrogen) atoms. The van der Waals surface area contributed by atoms with Crippen molar-refractivity contribution in [1.82, 2.24) is 0 Å². The molecule has 0 amide bonds. The summed E-state index contributed by atoms with van der Waals surface area (Å²) in [6.45, 7) is 4.06. The van der Waals surface area contributed by atoms with E-state index in [4.69, 9.17) is 0 Å². The topological polar surface area (TPSA) is 40.5 Å². The molecule has 0 aromatic carbocycles. The Labute approximate surface area is 81.0 Å². The predicted molar refractivity (Wildman–Crippen MR) is 53.4 cm³/mol. The molecule has 0 heterocycles. The van der Waals surface area contributed by atoms with Crippen molar-refractivity contribution in [2.24, 2.45) is 11.8 Å². The molecule has 2 nitrogen and oxygen atoms in total. The average molecular weight is 186 g/mol. The van der Waals surface area contributed by atoms with Gasteiger partial charge in [0.15, 0.2) is 0 Å². The van der Waals surface area contributed by atoms with Gasteiger partial charge in [0.2, 0.25) is 0 Å².